The van der Waals surface area contributed by atoms with Crippen molar-refractivity contribution in [3.8, 4) is 0 Å². The highest BCUT2D eigenvalue weighted by Crippen LogP contribution is 2.28. The third-order valence-electron chi connectivity index (χ3n) is 2.94. The molecule has 3 nitrogen and oxygen atoms in total. The van der Waals surface area contributed by atoms with E-state index in [-0.39, 0.29) is 0 Å². The van der Waals surface area contributed by atoms with E-state index < -0.39 is 0 Å². The second-order valence-electron chi connectivity index (χ2n) is 4.18. The molecule has 1 saturated heterocycles. The van der Waals surface area contributed by atoms with Crippen LogP contribution in [0.1, 0.15) is 31.1 Å². The fourth-order valence-corrected chi connectivity index (χ4v) is 3.12. The maximum Gasteiger partial charge on any atom is 0.185 e. The molecule has 0 bridgehead atoms. The molecule has 4 heteroatoms. The second kappa shape index (κ2) is 4.94. The van der Waals surface area contributed by atoms with Crippen LogP contribution in [0.15, 0.2) is 6.20 Å². The van der Waals surface area contributed by atoms with E-state index in [0.29, 0.717) is 6.04 Å². The average molecular weight is 225 g/mol. The van der Waals surface area contributed by atoms with Gasteiger partial charge in [-0.25, -0.2) is 4.98 Å². The first-order chi connectivity index (χ1) is 7.31. The SMILES string of the molecule is CNCc1cnc(N2CCCCC2C)s1. The highest BCUT2D eigenvalue weighted by atomic mass is 32.1. The molecule has 1 atom stereocenters. The summed E-state index contributed by atoms with van der Waals surface area (Å²) in [5.41, 5.74) is 0. The molecule has 2 rings (SSSR count). The van der Waals surface area contributed by atoms with Gasteiger partial charge in [-0.3, -0.25) is 0 Å². The number of rotatable bonds is 3. The molecule has 2 heterocycles. The predicted octanol–water partition coefficient (Wildman–Crippen LogP) is 2.24. The Morgan fingerprint density at radius 2 is 2.47 bits per heavy atom. The van der Waals surface area contributed by atoms with Crippen molar-refractivity contribution >= 4 is 16.5 Å². The molecule has 0 aromatic carbocycles. The second-order valence-corrected chi connectivity index (χ2v) is 5.27. The molecule has 15 heavy (non-hydrogen) atoms. The van der Waals surface area contributed by atoms with Crippen molar-refractivity contribution in [2.24, 2.45) is 0 Å². The fourth-order valence-electron chi connectivity index (χ4n) is 2.07. The number of nitrogens with zero attached hydrogens (tertiary/aromatic N) is 2. The van der Waals surface area contributed by atoms with Gasteiger partial charge < -0.3 is 10.2 Å². The molecule has 1 aliphatic heterocycles. The lowest BCUT2D eigenvalue weighted by Gasteiger charge is -2.33. The van der Waals surface area contributed by atoms with Crippen LogP contribution in [0.2, 0.25) is 0 Å². The van der Waals surface area contributed by atoms with Crippen molar-refractivity contribution in [1.82, 2.24) is 10.3 Å². The van der Waals surface area contributed by atoms with Gasteiger partial charge in [0.05, 0.1) is 0 Å². The van der Waals surface area contributed by atoms with Crippen molar-refractivity contribution in [3.05, 3.63) is 11.1 Å². The van der Waals surface area contributed by atoms with Crippen LogP contribution in [0.5, 0.6) is 0 Å². The van der Waals surface area contributed by atoms with E-state index in [1.54, 1.807) is 0 Å². The van der Waals surface area contributed by atoms with Crippen molar-refractivity contribution in [2.45, 2.75) is 38.8 Å². The van der Waals surface area contributed by atoms with Gasteiger partial charge in [0.2, 0.25) is 0 Å². The first kappa shape index (κ1) is 10.9. The molecule has 84 valence electrons. The van der Waals surface area contributed by atoms with Crippen molar-refractivity contribution in [3.63, 3.8) is 0 Å². The number of nitrogens with one attached hydrogen (secondary N) is 1. The number of anilines is 1. The van der Waals surface area contributed by atoms with Gasteiger partial charge in [-0.15, -0.1) is 11.3 Å². The van der Waals surface area contributed by atoms with E-state index in [2.05, 4.69) is 22.1 Å². The topological polar surface area (TPSA) is 28.2 Å². The van der Waals surface area contributed by atoms with Gasteiger partial charge in [-0.1, -0.05) is 0 Å². The summed E-state index contributed by atoms with van der Waals surface area (Å²) in [5, 5.41) is 4.36. The molecule has 0 aliphatic carbocycles. The lowest BCUT2D eigenvalue weighted by molar-refractivity contribution is 0.484. The number of hydrogen-bond acceptors (Lipinski definition) is 4. The summed E-state index contributed by atoms with van der Waals surface area (Å²) in [6.07, 6.45) is 5.98. The molecule has 0 saturated carbocycles. The van der Waals surface area contributed by atoms with Gasteiger partial charge in [-0.2, -0.15) is 0 Å². The molecule has 1 aliphatic rings. The lowest BCUT2D eigenvalue weighted by Crippen LogP contribution is -2.37. The minimum Gasteiger partial charge on any atom is -0.345 e. The zero-order chi connectivity index (χ0) is 10.7. The maximum absolute atomic E-state index is 4.51. The van der Waals surface area contributed by atoms with E-state index in [0.717, 1.165) is 6.54 Å². The van der Waals surface area contributed by atoms with Crippen molar-refractivity contribution < 1.29 is 0 Å². The quantitative estimate of drug-likeness (QED) is 0.855. The molecular weight excluding hydrogens is 206 g/mol. The number of aromatic nitrogens is 1. The molecule has 0 amide bonds. The zero-order valence-corrected chi connectivity index (χ0v) is 10.3. The first-order valence-electron chi connectivity index (χ1n) is 5.67. The third-order valence-corrected chi connectivity index (χ3v) is 3.98. The predicted molar refractivity (Wildman–Crippen MR) is 65.5 cm³/mol. The van der Waals surface area contributed by atoms with Gasteiger partial charge in [0.25, 0.3) is 0 Å². The Morgan fingerprint density at radius 1 is 1.60 bits per heavy atom. The summed E-state index contributed by atoms with van der Waals surface area (Å²) in [5.74, 6) is 0. The van der Waals surface area contributed by atoms with Crippen LogP contribution in [-0.4, -0.2) is 24.6 Å². The Labute approximate surface area is 95.5 Å². The van der Waals surface area contributed by atoms with Crippen LogP contribution in [0.4, 0.5) is 5.13 Å². The van der Waals surface area contributed by atoms with E-state index in [1.165, 1.54) is 35.8 Å². The molecule has 1 aromatic heterocycles. The standard InChI is InChI=1S/C11H19N3S/c1-9-5-3-4-6-14(9)11-13-8-10(15-11)7-12-2/h8-9,12H,3-7H2,1-2H3. The number of hydrogen-bond donors (Lipinski definition) is 1. The minimum atomic E-state index is 0.660. The Kier molecular flexibility index (Phi) is 3.59. The normalized spacial score (nSPS) is 22.0. The summed E-state index contributed by atoms with van der Waals surface area (Å²) >= 11 is 1.82. The number of piperidine rings is 1. The van der Waals surface area contributed by atoms with Crippen LogP contribution in [-0.2, 0) is 6.54 Å². The van der Waals surface area contributed by atoms with Crippen molar-refractivity contribution in [1.29, 1.82) is 0 Å². The Balaban J connectivity index is 2.06. The van der Waals surface area contributed by atoms with Crippen LogP contribution >= 0.6 is 11.3 Å². The molecule has 1 fully saturated rings. The highest BCUT2D eigenvalue weighted by molar-refractivity contribution is 7.15. The Hall–Kier alpha value is -0.610. The zero-order valence-electron chi connectivity index (χ0n) is 9.49. The van der Waals surface area contributed by atoms with Crippen LogP contribution < -0.4 is 10.2 Å². The molecule has 0 radical (unpaired) electrons. The smallest absolute Gasteiger partial charge is 0.185 e. The fraction of sp³-hybridized carbons (Fsp3) is 0.727. The van der Waals surface area contributed by atoms with E-state index in [1.807, 2.05) is 24.6 Å². The third kappa shape index (κ3) is 2.49. The highest BCUT2D eigenvalue weighted by Gasteiger charge is 2.20. The van der Waals surface area contributed by atoms with Gasteiger partial charge in [-0.05, 0) is 33.2 Å². The van der Waals surface area contributed by atoms with Gasteiger partial charge in [0.15, 0.2) is 5.13 Å². The summed E-state index contributed by atoms with van der Waals surface area (Å²) in [6, 6.07) is 0.660. The summed E-state index contributed by atoms with van der Waals surface area (Å²) in [7, 11) is 1.98. The molecule has 0 spiro atoms. The summed E-state index contributed by atoms with van der Waals surface area (Å²) in [6.45, 7) is 4.41. The average Bonchev–Trinajstić information content (AvgIpc) is 2.68. The van der Waals surface area contributed by atoms with Gasteiger partial charge in [0, 0.05) is 30.2 Å². The Morgan fingerprint density at radius 3 is 3.20 bits per heavy atom. The molecular formula is C11H19N3S. The Bertz CT molecular complexity index is 311. The van der Waals surface area contributed by atoms with E-state index in [4.69, 9.17) is 0 Å². The number of thiazole rings is 1. The van der Waals surface area contributed by atoms with E-state index >= 15 is 0 Å². The van der Waals surface area contributed by atoms with Crippen LogP contribution in [0, 0.1) is 0 Å². The minimum absolute atomic E-state index is 0.660. The monoisotopic (exact) mass is 225 g/mol. The van der Waals surface area contributed by atoms with Gasteiger partial charge >= 0.3 is 0 Å². The summed E-state index contributed by atoms with van der Waals surface area (Å²) < 4.78 is 0. The molecule has 1 aromatic rings. The largest absolute Gasteiger partial charge is 0.345 e. The van der Waals surface area contributed by atoms with Crippen LogP contribution in [0.3, 0.4) is 0 Å². The van der Waals surface area contributed by atoms with E-state index in [9.17, 15) is 0 Å². The van der Waals surface area contributed by atoms with Gasteiger partial charge in [0.1, 0.15) is 0 Å². The van der Waals surface area contributed by atoms with Crippen molar-refractivity contribution in [2.75, 3.05) is 18.5 Å². The molecule has 1 N–H and O–H groups in total. The lowest BCUT2D eigenvalue weighted by atomic mass is 10.1. The van der Waals surface area contributed by atoms with Crippen LogP contribution in [0.25, 0.3) is 0 Å². The molecule has 1 unspecified atom stereocenters. The first-order valence-corrected chi connectivity index (χ1v) is 6.49. The maximum atomic E-state index is 4.51. The summed E-state index contributed by atoms with van der Waals surface area (Å²) in [4.78, 5) is 8.29.